The highest BCUT2D eigenvalue weighted by Crippen LogP contribution is 2.20. The third-order valence-electron chi connectivity index (χ3n) is 2.93. The van der Waals surface area contributed by atoms with Crippen molar-refractivity contribution < 1.29 is 9.00 Å². The SMILES string of the molecule is CC(C)C(CCN)CCC(=O)NCCS(C)=O. The predicted molar refractivity (Wildman–Crippen MR) is 73.2 cm³/mol. The van der Waals surface area contributed by atoms with E-state index in [4.69, 9.17) is 5.73 Å². The zero-order valence-corrected chi connectivity index (χ0v) is 12.0. The van der Waals surface area contributed by atoms with Gasteiger partial charge in [-0.05, 0) is 31.2 Å². The topological polar surface area (TPSA) is 72.2 Å². The minimum atomic E-state index is -0.836. The van der Waals surface area contributed by atoms with Crippen LogP contribution in [0.4, 0.5) is 0 Å². The maximum Gasteiger partial charge on any atom is 0.220 e. The largest absolute Gasteiger partial charge is 0.355 e. The maximum absolute atomic E-state index is 11.5. The zero-order valence-electron chi connectivity index (χ0n) is 11.2. The summed E-state index contributed by atoms with van der Waals surface area (Å²) in [5.41, 5.74) is 5.55. The summed E-state index contributed by atoms with van der Waals surface area (Å²) in [6.45, 7) is 5.52. The number of rotatable bonds is 9. The Morgan fingerprint density at radius 2 is 2.00 bits per heavy atom. The van der Waals surface area contributed by atoms with Gasteiger partial charge < -0.3 is 11.1 Å². The van der Waals surface area contributed by atoms with Gasteiger partial charge in [-0.25, -0.2) is 0 Å². The van der Waals surface area contributed by atoms with Crippen LogP contribution < -0.4 is 11.1 Å². The van der Waals surface area contributed by atoms with Crippen molar-refractivity contribution in [3.05, 3.63) is 0 Å². The fraction of sp³-hybridized carbons (Fsp3) is 0.917. The molecule has 0 radical (unpaired) electrons. The van der Waals surface area contributed by atoms with E-state index in [1.165, 1.54) is 0 Å². The normalized spacial score (nSPS) is 14.6. The summed E-state index contributed by atoms with van der Waals surface area (Å²) in [6.07, 6.45) is 4.04. The first-order valence-corrected chi connectivity index (χ1v) is 7.96. The molecule has 0 aromatic rings. The van der Waals surface area contributed by atoms with Gasteiger partial charge in [0.15, 0.2) is 0 Å². The van der Waals surface area contributed by atoms with Crippen molar-refractivity contribution in [2.24, 2.45) is 17.6 Å². The number of nitrogens with one attached hydrogen (secondary N) is 1. The van der Waals surface area contributed by atoms with Crippen LogP contribution in [0.25, 0.3) is 0 Å². The molecule has 0 bridgehead atoms. The number of carbonyl (C=O) groups excluding carboxylic acids is 1. The van der Waals surface area contributed by atoms with Crippen LogP contribution >= 0.6 is 0 Å². The van der Waals surface area contributed by atoms with Gasteiger partial charge in [-0.15, -0.1) is 0 Å². The van der Waals surface area contributed by atoms with E-state index in [0.717, 1.165) is 12.8 Å². The maximum atomic E-state index is 11.5. The van der Waals surface area contributed by atoms with Crippen LogP contribution in [0.3, 0.4) is 0 Å². The van der Waals surface area contributed by atoms with Crippen LogP contribution in [0.1, 0.15) is 33.1 Å². The monoisotopic (exact) mass is 262 g/mol. The Bertz CT molecular complexity index is 245. The molecule has 2 unspecified atom stereocenters. The second-order valence-electron chi connectivity index (χ2n) is 4.75. The molecule has 0 spiro atoms. The van der Waals surface area contributed by atoms with Crippen molar-refractivity contribution in [1.82, 2.24) is 5.32 Å². The predicted octanol–water partition coefficient (Wildman–Crippen LogP) is 0.882. The highest BCUT2D eigenvalue weighted by molar-refractivity contribution is 7.84. The van der Waals surface area contributed by atoms with E-state index in [9.17, 15) is 9.00 Å². The van der Waals surface area contributed by atoms with Crippen molar-refractivity contribution in [2.75, 3.05) is 25.1 Å². The summed E-state index contributed by atoms with van der Waals surface area (Å²) in [7, 11) is -0.836. The molecule has 0 aliphatic carbocycles. The standard InChI is InChI=1S/C12H26N2O2S/c1-10(2)11(6-7-13)4-5-12(15)14-8-9-17(3)16/h10-11H,4-9,13H2,1-3H3,(H,14,15). The Morgan fingerprint density at radius 3 is 2.47 bits per heavy atom. The summed E-state index contributed by atoms with van der Waals surface area (Å²) in [4.78, 5) is 11.5. The first-order chi connectivity index (χ1) is 7.97. The zero-order chi connectivity index (χ0) is 13.3. The van der Waals surface area contributed by atoms with E-state index in [1.807, 2.05) is 0 Å². The Hall–Kier alpha value is -0.420. The molecule has 2 atom stereocenters. The molecule has 3 N–H and O–H groups in total. The minimum Gasteiger partial charge on any atom is -0.355 e. The summed E-state index contributed by atoms with van der Waals surface area (Å²) in [6, 6.07) is 0. The molecule has 0 heterocycles. The van der Waals surface area contributed by atoms with Gasteiger partial charge in [0, 0.05) is 35.8 Å². The van der Waals surface area contributed by atoms with Crippen LogP contribution in [0, 0.1) is 11.8 Å². The van der Waals surface area contributed by atoms with E-state index in [-0.39, 0.29) is 5.91 Å². The average molecular weight is 262 g/mol. The van der Waals surface area contributed by atoms with Gasteiger partial charge in [0.05, 0.1) is 0 Å². The van der Waals surface area contributed by atoms with E-state index in [0.29, 0.717) is 37.1 Å². The average Bonchev–Trinajstić information content (AvgIpc) is 2.23. The fourth-order valence-electron chi connectivity index (χ4n) is 1.76. The smallest absolute Gasteiger partial charge is 0.220 e. The van der Waals surface area contributed by atoms with E-state index in [2.05, 4.69) is 19.2 Å². The van der Waals surface area contributed by atoms with Gasteiger partial charge in [0.2, 0.25) is 5.91 Å². The molecule has 102 valence electrons. The van der Waals surface area contributed by atoms with Crippen molar-refractivity contribution in [3.63, 3.8) is 0 Å². The van der Waals surface area contributed by atoms with Gasteiger partial charge in [-0.2, -0.15) is 0 Å². The summed E-state index contributed by atoms with van der Waals surface area (Å²) in [5, 5.41) is 2.79. The highest BCUT2D eigenvalue weighted by Gasteiger charge is 2.14. The molecule has 0 aromatic heterocycles. The Balaban J connectivity index is 3.76. The molecule has 4 nitrogen and oxygen atoms in total. The van der Waals surface area contributed by atoms with Crippen molar-refractivity contribution >= 4 is 16.7 Å². The van der Waals surface area contributed by atoms with Gasteiger partial charge in [0.25, 0.3) is 0 Å². The number of amides is 1. The lowest BCUT2D eigenvalue weighted by Crippen LogP contribution is -2.28. The summed E-state index contributed by atoms with van der Waals surface area (Å²) < 4.78 is 10.8. The molecule has 0 aliphatic heterocycles. The van der Waals surface area contributed by atoms with E-state index < -0.39 is 10.8 Å². The van der Waals surface area contributed by atoms with Gasteiger partial charge >= 0.3 is 0 Å². The third-order valence-corrected chi connectivity index (χ3v) is 3.71. The number of hydrogen-bond acceptors (Lipinski definition) is 3. The molecule has 17 heavy (non-hydrogen) atoms. The second kappa shape index (κ2) is 9.59. The summed E-state index contributed by atoms with van der Waals surface area (Å²) >= 11 is 0. The van der Waals surface area contributed by atoms with Gasteiger partial charge in [-0.3, -0.25) is 9.00 Å². The van der Waals surface area contributed by atoms with Crippen molar-refractivity contribution in [1.29, 1.82) is 0 Å². The molecule has 1 amide bonds. The number of nitrogens with two attached hydrogens (primary N) is 1. The highest BCUT2D eigenvalue weighted by atomic mass is 32.2. The van der Waals surface area contributed by atoms with E-state index in [1.54, 1.807) is 6.26 Å². The third kappa shape index (κ3) is 9.30. The van der Waals surface area contributed by atoms with Crippen LogP contribution in [-0.2, 0) is 15.6 Å². The summed E-state index contributed by atoms with van der Waals surface area (Å²) in [5.74, 6) is 1.67. The molecule has 0 aliphatic rings. The quantitative estimate of drug-likeness (QED) is 0.648. The van der Waals surface area contributed by atoms with Gasteiger partial charge in [0.1, 0.15) is 0 Å². The number of carbonyl (C=O) groups is 1. The first-order valence-electron chi connectivity index (χ1n) is 6.24. The fourth-order valence-corrected chi connectivity index (χ4v) is 2.15. The lowest BCUT2D eigenvalue weighted by Gasteiger charge is -2.19. The van der Waals surface area contributed by atoms with Crippen LogP contribution in [0.15, 0.2) is 0 Å². The van der Waals surface area contributed by atoms with Crippen molar-refractivity contribution in [2.45, 2.75) is 33.1 Å². The molecule has 0 saturated heterocycles. The Morgan fingerprint density at radius 1 is 1.35 bits per heavy atom. The molecule has 0 aromatic carbocycles. The molecule has 0 fully saturated rings. The Kier molecular flexibility index (Phi) is 9.36. The molecule has 5 heteroatoms. The molecular weight excluding hydrogens is 236 g/mol. The van der Waals surface area contributed by atoms with Gasteiger partial charge in [-0.1, -0.05) is 13.8 Å². The van der Waals surface area contributed by atoms with Crippen molar-refractivity contribution in [3.8, 4) is 0 Å². The lowest BCUT2D eigenvalue weighted by atomic mass is 9.88. The molecule has 0 saturated carbocycles. The minimum absolute atomic E-state index is 0.0538. The van der Waals surface area contributed by atoms with Crippen LogP contribution in [0.5, 0.6) is 0 Å². The first kappa shape index (κ1) is 16.6. The van der Waals surface area contributed by atoms with E-state index >= 15 is 0 Å². The Labute approximate surface area is 107 Å². The lowest BCUT2D eigenvalue weighted by molar-refractivity contribution is -0.121. The number of hydrogen-bond donors (Lipinski definition) is 2. The van der Waals surface area contributed by atoms with Crippen LogP contribution in [-0.4, -0.2) is 35.2 Å². The van der Waals surface area contributed by atoms with Crippen LogP contribution in [0.2, 0.25) is 0 Å². The molecule has 0 rings (SSSR count). The second-order valence-corrected chi connectivity index (χ2v) is 6.30. The molecular formula is C12H26N2O2S.